The Morgan fingerprint density at radius 2 is 2.06 bits per heavy atom. The molecule has 0 atom stereocenters. The lowest BCUT2D eigenvalue weighted by atomic mass is 10.2. The van der Waals surface area contributed by atoms with Gasteiger partial charge in [0.2, 0.25) is 5.95 Å². The van der Waals surface area contributed by atoms with E-state index in [4.69, 9.17) is 17.3 Å². The molecule has 0 saturated heterocycles. The Balaban J connectivity index is 2.21. The van der Waals surface area contributed by atoms with Crippen molar-refractivity contribution in [3.63, 3.8) is 0 Å². The third-order valence-electron chi connectivity index (χ3n) is 1.99. The normalized spacial score (nSPS) is 10.8. The molecular weight excluding hydrogens is 222 g/mol. The highest BCUT2D eigenvalue weighted by molar-refractivity contribution is 6.30. The minimum absolute atomic E-state index is 0.272. The van der Waals surface area contributed by atoms with Gasteiger partial charge in [0.05, 0.1) is 5.69 Å². The van der Waals surface area contributed by atoms with Crippen molar-refractivity contribution in [2.75, 3.05) is 5.73 Å². The molecule has 0 unspecified atom stereocenters. The zero-order valence-electron chi connectivity index (χ0n) is 8.47. The first-order valence-corrected chi connectivity index (χ1v) is 5.14. The first kappa shape index (κ1) is 10.6. The van der Waals surface area contributed by atoms with Crippen molar-refractivity contribution >= 4 is 29.7 Å². The molecule has 80 valence electrons. The monoisotopic (exact) mass is 231 g/mol. The van der Waals surface area contributed by atoms with Crippen LogP contribution in [0.1, 0.15) is 11.3 Å². The number of nitrogens with two attached hydrogens (primary N) is 1. The van der Waals surface area contributed by atoms with Crippen LogP contribution in [-0.2, 0) is 0 Å². The molecule has 2 aromatic rings. The number of hydrogen-bond donors (Lipinski definition) is 1. The van der Waals surface area contributed by atoms with E-state index in [-0.39, 0.29) is 5.95 Å². The van der Waals surface area contributed by atoms with Gasteiger partial charge in [0.1, 0.15) is 0 Å². The van der Waals surface area contributed by atoms with Crippen molar-refractivity contribution in [3.05, 3.63) is 52.8 Å². The van der Waals surface area contributed by atoms with Crippen molar-refractivity contribution in [2.24, 2.45) is 0 Å². The molecule has 2 rings (SSSR count). The van der Waals surface area contributed by atoms with E-state index >= 15 is 0 Å². The SMILES string of the molecule is Nc1nccc(/C=C/c2cccc(Cl)c2)n1. The lowest BCUT2D eigenvalue weighted by Crippen LogP contribution is -1.94. The number of benzene rings is 1. The molecule has 0 bridgehead atoms. The van der Waals surface area contributed by atoms with E-state index in [1.807, 2.05) is 36.4 Å². The maximum Gasteiger partial charge on any atom is 0.220 e. The van der Waals surface area contributed by atoms with Crippen LogP contribution in [0.25, 0.3) is 12.2 Å². The zero-order chi connectivity index (χ0) is 11.4. The fraction of sp³-hybridized carbons (Fsp3) is 0. The predicted octanol–water partition coefficient (Wildman–Crippen LogP) is 2.88. The molecule has 16 heavy (non-hydrogen) atoms. The van der Waals surface area contributed by atoms with Crippen LogP contribution in [0.4, 0.5) is 5.95 Å². The van der Waals surface area contributed by atoms with Crippen LogP contribution in [0.5, 0.6) is 0 Å². The van der Waals surface area contributed by atoms with Crippen molar-refractivity contribution < 1.29 is 0 Å². The second-order valence-corrected chi connectivity index (χ2v) is 3.66. The molecule has 1 aromatic heterocycles. The fourth-order valence-corrected chi connectivity index (χ4v) is 1.47. The molecule has 0 spiro atoms. The number of halogens is 1. The largest absolute Gasteiger partial charge is 0.368 e. The molecule has 0 aliphatic rings. The highest BCUT2D eigenvalue weighted by atomic mass is 35.5. The first-order valence-electron chi connectivity index (χ1n) is 4.76. The quantitative estimate of drug-likeness (QED) is 0.865. The lowest BCUT2D eigenvalue weighted by molar-refractivity contribution is 1.17. The molecule has 3 nitrogen and oxygen atoms in total. The van der Waals surface area contributed by atoms with Gasteiger partial charge in [0, 0.05) is 11.2 Å². The van der Waals surface area contributed by atoms with E-state index in [0.29, 0.717) is 5.02 Å². The van der Waals surface area contributed by atoms with E-state index in [1.165, 1.54) is 0 Å². The number of rotatable bonds is 2. The molecule has 0 saturated carbocycles. The smallest absolute Gasteiger partial charge is 0.220 e. The summed E-state index contributed by atoms with van der Waals surface area (Å²) in [4.78, 5) is 7.88. The van der Waals surface area contributed by atoms with E-state index in [9.17, 15) is 0 Å². The summed E-state index contributed by atoms with van der Waals surface area (Å²) in [7, 11) is 0. The van der Waals surface area contributed by atoms with Gasteiger partial charge < -0.3 is 5.73 Å². The summed E-state index contributed by atoms with van der Waals surface area (Å²) in [5.41, 5.74) is 7.26. The van der Waals surface area contributed by atoms with Crippen LogP contribution in [0.15, 0.2) is 36.5 Å². The molecule has 2 N–H and O–H groups in total. The van der Waals surface area contributed by atoms with Crippen LogP contribution < -0.4 is 5.73 Å². The summed E-state index contributed by atoms with van der Waals surface area (Å²) in [6.45, 7) is 0. The molecule has 0 fully saturated rings. The summed E-state index contributed by atoms with van der Waals surface area (Å²) < 4.78 is 0. The maximum absolute atomic E-state index is 5.87. The average Bonchev–Trinajstić information content (AvgIpc) is 2.27. The number of nitrogen functional groups attached to an aromatic ring is 1. The van der Waals surface area contributed by atoms with Crippen LogP contribution in [-0.4, -0.2) is 9.97 Å². The van der Waals surface area contributed by atoms with E-state index in [2.05, 4.69) is 9.97 Å². The third kappa shape index (κ3) is 2.81. The van der Waals surface area contributed by atoms with Gasteiger partial charge in [-0.2, -0.15) is 0 Å². The lowest BCUT2D eigenvalue weighted by Gasteiger charge is -1.95. The van der Waals surface area contributed by atoms with Crippen LogP contribution in [0.2, 0.25) is 5.02 Å². The van der Waals surface area contributed by atoms with Crippen LogP contribution in [0, 0.1) is 0 Å². The molecule has 1 heterocycles. The number of hydrogen-bond acceptors (Lipinski definition) is 3. The Kier molecular flexibility index (Phi) is 3.17. The number of nitrogens with zero attached hydrogens (tertiary/aromatic N) is 2. The highest BCUT2D eigenvalue weighted by Gasteiger charge is 1.92. The summed E-state index contributed by atoms with van der Waals surface area (Å²) in [5, 5.41) is 0.712. The third-order valence-corrected chi connectivity index (χ3v) is 2.23. The Bertz CT molecular complexity index is 476. The van der Waals surface area contributed by atoms with Gasteiger partial charge in [-0.3, -0.25) is 0 Å². The minimum atomic E-state index is 0.272. The molecule has 4 heteroatoms. The molecule has 0 aliphatic heterocycles. The van der Waals surface area contributed by atoms with Gasteiger partial charge in [-0.1, -0.05) is 29.8 Å². The highest BCUT2D eigenvalue weighted by Crippen LogP contribution is 2.13. The van der Waals surface area contributed by atoms with Crippen molar-refractivity contribution in [1.29, 1.82) is 0 Å². The number of anilines is 1. The Labute approximate surface area is 98.6 Å². The van der Waals surface area contributed by atoms with E-state index < -0.39 is 0 Å². The summed E-state index contributed by atoms with van der Waals surface area (Å²) in [6.07, 6.45) is 5.41. The fourth-order valence-electron chi connectivity index (χ4n) is 1.27. The topological polar surface area (TPSA) is 51.8 Å². The Morgan fingerprint density at radius 1 is 1.19 bits per heavy atom. The standard InChI is InChI=1S/C12H10ClN3/c13-10-3-1-2-9(8-10)4-5-11-6-7-15-12(14)16-11/h1-8H,(H2,14,15,16)/b5-4+. The second kappa shape index (κ2) is 4.77. The molecule has 0 aliphatic carbocycles. The minimum Gasteiger partial charge on any atom is -0.368 e. The van der Waals surface area contributed by atoms with E-state index in [1.54, 1.807) is 12.3 Å². The Morgan fingerprint density at radius 3 is 2.81 bits per heavy atom. The van der Waals surface area contributed by atoms with Gasteiger partial charge in [-0.05, 0) is 29.8 Å². The molecule has 0 radical (unpaired) electrons. The maximum atomic E-state index is 5.87. The van der Waals surface area contributed by atoms with Gasteiger partial charge in [0.15, 0.2) is 0 Å². The summed E-state index contributed by atoms with van der Waals surface area (Å²) in [5.74, 6) is 0.272. The second-order valence-electron chi connectivity index (χ2n) is 3.23. The van der Waals surface area contributed by atoms with Gasteiger partial charge in [0.25, 0.3) is 0 Å². The van der Waals surface area contributed by atoms with Gasteiger partial charge in [-0.15, -0.1) is 0 Å². The predicted molar refractivity (Wildman–Crippen MR) is 66.8 cm³/mol. The molecule has 1 aromatic carbocycles. The average molecular weight is 232 g/mol. The zero-order valence-corrected chi connectivity index (χ0v) is 9.22. The van der Waals surface area contributed by atoms with Crippen molar-refractivity contribution in [2.45, 2.75) is 0 Å². The van der Waals surface area contributed by atoms with Gasteiger partial charge in [-0.25, -0.2) is 9.97 Å². The van der Waals surface area contributed by atoms with Crippen molar-refractivity contribution in [3.8, 4) is 0 Å². The van der Waals surface area contributed by atoms with Gasteiger partial charge >= 0.3 is 0 Å². The van der Waals surface area contributed by atoms with Crippen LogP contribution in [0.3, 0.4) is 0 Å². The van der Waals surface area contributed by atoms with E-state index in [0.717, 1.165) is 11.3 Å². The van der Waals surface area contributed by atoms with Crippen LogP contribution >= 0.6 is 11.6 Å². The van der Waals surface area contributed by atoms with Crippen molar-refractivity contribution in [1.82, 2.24) is 9.97 Å². The number of aromatic nitrogens is 2. The summed E-state index contributed by atoms with van der Waals surface area (Å²) >= 11 is 5.87. The molecular formula is C12H10ClN3. The molecule has 0 amide bonds. The Hall–Kier alpha value is -1.87. The first-order chi connectivity index (χ1) is 7.74. The summed E-state index contributed by atoms with van der Waals surface area (Å²) in [6, 6.07) is 9.37.